The number of aromatic nitrogens is 1. The second-order valence-electron chi connectivity index (χ2n) is 2.34. The van der Waals surface area contributed by atoms with Gasteiger partial charge in [0.1, 0.15) is 0 Å². The normalized spacial score (nSPS) is 10.8. The van der Waals surface area contributed by atoms with E-state index in [1.807, 2.05) is 0 Å². The van der Waals surface area contributed by atoms with Gasteiger partial charge < -0.3 is 5.73 Å². The number of halogens is 3. The molecule has 2 N–H and O–H groups in total. The predicted molar refractivity (Wildman–Crippen MR) is 43.4 cm³/mol. The van der Waals surface area contributed by atoms with Crippen LogP contribution in [0.15, 0.2) is 6.07 Å². The fourth-order valence-corrected chi connectivity index (χ4v) is 1.01. The van der Waals surface area contributed by atoms with Crippen LogP contribution in [0.3, 0.4) is 0 Å². The molecule has 0 fully saturated rings. The molecule has 0 saturated carbocycles. The fourth-order valence-electron chi connectivity index (χ4n) is 0.829. The number of nitrogen functional groups attached to an aromatic ring is 1. The van der Waals surface area contributed by atoms with Gasteiger partial charge in [-0.25, -0.2) is 13.8 Å². The van der Waals surface area contributed by atoms with Crippen molar-refractivity contribution in [2.75, 3.05) is 5.73 Å². The summed E-state index contributed by atoms with van der Waals surface area (Å²) in [6.07, 6.45) is -2.56. The number of rotatable bonds is 1. The highest BCUT2D eigenvalue weighted by Crippen LogP contribution is 2.26. The quantitative estimate of drug-likeness (QED) is 0.695. The van der Waals surface area contributed by atoms with Gasteiger partial charge in [-0.1, -0.05) is 11.6 Å². The van der Waals surface area contributed by atoms with E-state index in [1.165, 1.54) is 6.92 Å². The van der Waals surface area contributed by atoms with Crippen molar-refractivity contribution in [3.05, 3.63) is 22.5 Å². The van der Waals surface area contributed by atoms with Crippen LogP contribution in [-0.4, -0.2) is 4.98 Å². The van der Waals surface area contributed by atoms with Crippen LogP contribution >= 0.6 is 11.6 Å². The predicted octanol–water partition coefficient (Wildman–Crippen LogP) is 2.56. The van der Waals surface area contributed by atoms with Crippen LogP contribution in [0.4, 0.5) is 14.5 Å². The van der Waals surface area contributed by atoms with Crippen LogP contribution in [0.25, 0.3) is 0 Å². The van der Waals surface area contributed by atoms with Crippen molar-refractivity contribution in [3.63, 3.8) is 0 Å². The molecular formula is C7H7ClF2N2. The number of nitrogens with two attached hydrogens (primary N) is 1. The van der Waals surface area contributed by atoms with Gasteiger partial charge in [0.05, 0.1) is 5.69 Å². The van der Waals surface area contributed by atoms with Crippen molar-refractivity contribution in [1.29, 1.82) is 0 Å². The summed E-state index contributed by atoms with van der Waals surface area (Å²) < 4.78 is 24.4. The molecule has 0 amide bonds. The highest BCUT2D eigenvalue weighted by atomic mass is 35.5. The second kappa shape index (κ2) is 3.23. The Bertz CT molecular complexity index is 302. The Balaban J connectivity index is 3.23. The number of nitrogens with zero attached hydrogens (tertiary/aromatic N) is 1. The molecule has 0 atom stereocenters. The molecule has 0 aliphatic rings. The van der Waals surface area contributed by atoms with Crippen LogP contribution in [0.1, 0.15) is 17.7 Å². The standard InChI is InChI=1S/C7H7ClF2N2/c1-3-4(7(9)10)2-5(11)6(8)12-3/h2,7H,11H2,1H3. The molecule has 1 rings (SSSR count). The zero-order valence-corrected chi connectivity index (χ0v) is 7.07. The summed E-state index contributed by atoms with van der Waals surface area (Å²) in [6.45, 7) is 1.47. The van der Waals surface area contributed by atoms with E-state index in [0.717, 1.165) is 6.07 Å². The number of alkyl halides is 2. The Morgan fingerprint density at radius 1 is 1.58 bits per heavy atom. The molecular weight excluding hydrogens is 186 g/mol. The first-order chi connectivity index (χ1) is 5.52. The Morgan fingerprint density at radius 2 is 2.17 bits per heavy atom. The Hall–Kier alpha value is -0.900. The number of pyridine rings is 1. The maximum Gasteiger partial charge on any atom is 0.265 e. The summed E-state index contributed by atoms with van der Waals surface area (Å²) in [5.74, 6) is 0. The molecule has 0 spiro atoms. The van der Waals surface area contributed by atoms with Crippen LogP contribution in [0, 0.1) is 6.92 Å². The van der Waals surface area contributed by atoms with Gasteiger partial charge >= 0.3 is 0 Å². The SMILES string of the molecule is Cc1nc(Cl)c(N)cc1C(F)F. The summed E-state index contributed by atoms with van der Waals surface area (Å²) in [5.41, 5.74) is 5.42. The largest absolute Gasteiger partial charge is 0.396 e. The first kappa shape index (κ1) is 9.19. The Morgan fingerprint density at radius 3 is 2.67 bits per heavy atom. The third-order valence-electron chi connectivity index (χ3n) is 1.47. The van der Waals surface area contributed by atoms with Crippen molar-refractivity contribution in [3.8, 4) is 0 Å². The molecule has 0 aliphatic carbocycles. The molecule has 0 radical (unpaired) electrons. The van der Waals surface area contributed by atoms with Gasteiger partial charge in [0.25, 0.3) is 6.43 Å². The third-order valence-corrected chi connectivity index (χ3v) is 1.77. The molecule has 66 valence electrons. The lowest BCUT2D eigenvalue weighted by Crippen LogP contribution is -1.98. The van der Waals surface area contributed by atoms with Crippen LogP contribution in [-0.2, 0) is 0 Å². The molecule has 1 aromatic rings. The number of aryl methyl sites for hydroxylation is 1. The monoisotopic (exact) mass is 192 g/mol. The Kier molecular flexibility index (Phi) is 2.47. The van der Waals surface area contributed by atoms with Crippen LogP contribution < -0.4 is 5.73 Å². The zero-order valence-electron chi connectivity index (χ0n) is 6.31. The van der Waals surface area contributed by atoms with Crippen molar-refractivity contribution in [2.24, 2.45) is 0 Å². The average molecular weight is 193 g/mol. The van der Waals surface area contributed by atoms with Crippen LogP contribution in [0.2, 0.25) is 5.15 Å². The minimum Gasteiger partial charge on any atom is -0.396 e. The molecule has 1 heterocycles. The van der Waals surface area contributed by atoms with Crippen molar-refractivity contribution >= 4 is 17.3 Å². The topological polar surface area (TPSA) is 38.9 Å². The van der Waals surface area contributed by atoms with E-state index in [2.05, 4.69) is 4.98 Å². The molecule has 2 nitrogen and oxygen atoms in total. The lowest BCUT2D eigenvalue weighted by Gasteiger charge is -2.05. The van der Waals surface area contributed by atoms with Gasteiger partial charge in [0, 0.05) is 11.3 Å². The molecule has 5 heteroatoms. The van der Waals surface area contributed by atoms with E-state index in [-0.39, 0.29) is 22.1 Å². The number of anilines is 1. The van der Waals surface area contributed by atoms with Gasteiger partial charge in [0.2, 0.25) is 0 Å². The number of hydrogen-bond acceptors (Lipinski definition) is 2. The van der Waals surface area contributed by atoms with Crippen molar-refractivity contribution in [1.82, 2.24) is 4.98 Å². The van der Waals surface area contributed by atoms with Gasteiger partial charge in [-0.3, -0.25) is 0 Å². The first-order valence-electron chi connectivity index (χ1n) is 3.23. The maximum atomic E-state index is 12.2. The minimum atomic E-state index is -2.56. The van der Waals surface area contributed by atoms with Gasteiger partial charge in [0.15, 0.2) is 5.15 Å². The van der Waals surface area contributed by atoms with Gasteiger partial charge in [-0.15, -0.1) is 0 Å². The summed E-state index contributed by atoms with van der Waals surface area (Å²) in [5, 5.41) is 0.0666. The zero-order chi connectivity index (χ0) is 9.30. The molecule has 1 aromatic heterocycles. The van der Waals surface area contributed by atoms with Gasteiger partial charge in [-0.05, 0) is 13.0 Å². The van der Waals surface area contributed by atoms with E-state index in [4.69, 9.17) is 17.3 Å². The number of hydrogen-bond donors (Lipinski definition) is 1. The summed E-state index contributed by atoms with van der Waals surface area (Å²) >= 11 is 5.51. The summed E-state index contributed by atoms with van der Waals surface area (Å²) in [7, 11) is 0. The molecule has 0 unspecified atom stereocenters. The van der Waals surface area contributed by atoms with E-state index in [0.29, 0.717) is 0 Å². The van der Waals surface area contributed by atoms with E-state index in [1.54, 1.807) is 0 Å². The fraction of sp³-hybridized carbons (Fsp3) is 0.286. The molecule has 12 heavy (non-hydrogen) atoms. The van der Waals surface area contributed by atoms with Crippen molar-refractivity contribution in [2.45, 2.75) is 13.3 Å². The first-order valence-corrected chi connectivity index (χ1v) is 3.61. The van der Waals surface area contributed by atoms with Crippen LogP contribution in [0.5, 0.6) is 0 Å². The Labute approximate surface area is 73.4 Å². The highest BCUT2D eigenvalue weighted by Gasteiger charge is 2.13. The average Bonchev–Trinajstić information content (AvgIpc) is 1.96. The summed E-state index contributed by atoms with van der Waals surface area (Å²) in [4.78, 5) is 3.65. The third kappa shape index (κ3) is 1.64. The second-order valence-corrected chi connectivity index (χ2v) is 2.70. The molecule has 0 aromatic carbocycles. The maximum absolute atomic E-state index is 12.2. The lowest BCUT2D eigenvalue weighted by atomic mass is 10.2. The highest BCUT2D eigenvalue weighted by molar-refractivity contribution is 6.31. The molecule has 0 saturated heterocycles. The van der Waals surface area contributed by atoms with Gasteiger partial charge in [-0.2, -0.15) is 0 Å². The van der Waals surface area contributed by atoms with E-state index < -0.39 is 6.43 Å². The minimum absolute atomic E-state index is 0.0666. The lowest BCUT2D eigenvalue weighted by molar-refractivity contribution is 0.150. The molecule has 0 bridgehead atoms. The summed E-state index contributed by atoms with van der Waals surface area (Å²) in [6, 6.07) is 1.15. The van der Waals surface area contributed by atoms with Crippen molar-refractivity contribution < 1.29 is 8.78 Å². The van der Waals surface area contributed by atoms with E-state index in [9.17, 15) is 8.78 Å². The molecule has 0 aliphatic heterocycles. The smallest absolute Gasteiger partial charge is 0.265 e. The van der Waals surface area contributed by atoms with E-state index >= 15 is 0 Å².